The van der Waals surface area contributed by atoms with Crippen molar-refractivity contribution < 1.29 is 0 Å². The summed E-state index contributed by atoms with van der Waals surface area (Å²) in [5.74, 6) is 1.72. The minimum atomic E-state index is 0.564. The molecule has 21 heavy (non-hydrogen) atoms. The summed E-state index contributed by atoms with van der Waals surface area (Å²) < 4.78 is 2.48. The van der Waals surface area contributed by atoms with Crippen LogP contribution in [0, 0.1) is 6.92 Å². The van der Waals surface area contributed by atoms with Crippen molar-refractivity contribution in [2.75, 3.05) is 13.1 Å². The molecular weight excluding hydrogens is 258 g/mol. The van der Waals surface area contributed by atoms with Crippen LogP contribution in [0.5, 0.6) is 0 Å². The molecule has 1 atom stereocenters. The first kappa shape index (κ1) is 14.6. The molecule has 114 valence electrons. The second kappa shape index (κ2) is 5.45. The number of hydrogen-bond acceptors (Lipinski definition) is 2. The Balaban J connectivity index is 2.01. The summed E-state index contributed by atoms with van der Waals surface area (Å²) in [5, 5.41) is 0. The third-order valence-electron chi connectivity index (χ3n) is 4.85. The second-order valence-corrected chi connectivity index (χ2v) is 6.96. The van der Waals surface area contributed by atoms with Gasteiger partial charge in [-0.1, -0.05) is 19.9 Å². The molecule has 1 fully saturated rings. The highest BCUT2D eigenvalue weighted by Gasteiger charge is 2.27. The van der Waals surface area contributed by atoms with Gasteiger partial charge in [-0.2, -0.15) is 0 Å². The number of fused-ring (bicyclic) bond motifs is 1. The Morgan fingerprint density at radius 3 is 2.57 bits per heavy atom. The zero-order chi connectivity index (χ0) is 15.1. The molecule has 1 aromatic carbocycles. The third kappa shape index (κ3) is 2.59. The van der Waals surface area contributed by atoms with Gasteiger partial charge in [0.25, 0.3) is 0 Å². The Morgan fingerprint density at radius 2 is 1.95 bits per heavy atom. The van der Waals surface area contributed by atoms with E-state index in [-0.39, 0.29) is 0 Å². The van der Waals surface area contributed by atoms with Gasteiger partial charge in [-0.25, -0.2) is 4.98 Å². The molecular formula is C18H27N3. The maximum Gasteiger partial charge on any atom is 0.107 e. The third-order valence-corrected chi connectivity index (χ3v) is 4.85. The maximum absolute atomic E-state index is 4.77. The molecule has 2 aromatic rings. The van der Waals surface area contributed by atoms with Crippen molar-refractivity contribution in [2.24, 2.45) is 0 Å². The zero-order valence-electron chi connectivity index (χ0n) is 13.9. The van der Waals surface area contributed by atoms with Crippen LogP contribution < -0.4 is 0 Å². The first-order valence-corrected chi connectivity index (χ1v) is 8.20. The van der Waals surface area contributed by atoms with E-state index in [9.17, 15) is 0 Å². The van der Waals surface area contributed by atoms with E-state index in [1.54, 1.807) is 0 Å². The topological polar surface area (TPSA) is 21.1 Å². The molecule has 2 heterocycles. The number of rotatable bonds is 3. The zero-order valence-corrected chi connectivity index (χ0v) is 13.9. The summed E-state index contributed by atoms with van der Waals surface area (Å²) in [7, 11) is 0. The van der Waals surface area contributed by atoms with Crippen LogP contribution in [0.25, 0.3) is 11.0 Å². The molecule has 0 radical (unpaired) electrons. The quantitative estimate of drug-likeness (QED) is 0.845. The summed E-state index contributed by atoms with van der Waals surface area (Å²) >= 11 is 0. The highest BCUT2D eigenvalue weighted by Crippen LogP contribution is 2.30. The van der Waals surface area contributed by atoms with Crippen molar-refractivity contribution in [3.63, 3.8) is 0 Å². The number of hydrogen-bond donors (Lipinski definition) is 0. The number of likely N-dealkylation sites (tertiary alicyclic amines) is 1. The first-order valence-electron chi connectivity index (χ1n) is 8.20. The number of aryl methyl sites for hydroxylation is 1. The maximum atomic E-state index is 4.77. The Morgan fingerprint density at radius 1 is 1.19 bits per heavy atom. The normalized spacial score (nSPS) is 20.2. The molecule has 0 aliphatic carbocycles. The van der Waals surface area contributed by atoms with E-state index in [0.29, 0.717) is 18.0 Å². The molecule has 0 spiro atoms. The van der Waals surface area contributed by atoms with Crippen LogP contribution >= 0.6 is 0 Å². The van der Waals surface area contributed by atoms with E-state index >= 15 is 0 Å². The van der Waals surface area contributed by atoms with E-state index in [1.165, 1.54) is 24.0 Å². The lowest BCUT2D eigenvalue weighted by Gasteiger charge is -2.21. The monoisotopic (exact) mass is 285 g/mol. The summed E-state index contributed by atoms with van der Waals surface area (Å²) in [6.07, 6.45) is 1.23. The first-order chi connectivity index (χ1) is 9.97. The predicted octanol–water partition coefficient (Wildman–Crippen LogP) is 4.12. The van der Waals surface area contributed by atoms with Crippen molar-refractivity contribution in [1.82, 2.24) is 14.5 Å². The SMILES string of the molecule is Cc1nc2ccc(C(C)C)cc2n1[C@@H]1CCN(C(C)C)C1. The van der Waals surface area contributed by atoms with Gasteiger partial charge in [0.1, 0.15) is 5.82 Å². The van der Waals surface area contributed by atoms with E-state index in [1.807, 2.05) is 0 Å². The Labute approximate surface area is 128 Å². The lowest BCUT2D eigenvalue weighted by molar-refractivity contribution is 0.265. The van der Waals surface area contributed by atoms with Crippen LogP contribution in [0.3, 0.4) is 0 Å². The van der Waals surface area contributed by atoms with E-state index in [4.69, 9.17) is 4.98 Å². The summed E-state index contributed by atoms with van der Waals surface area (Å²) in [5.41, 5.74) is 3.86. The average molecular weight is 285 g/mol. The summed E-state index contributed by atoms with van der Waals surface area (Å²) in [4.78, 5) is 7.34. The molecule has 1 saturated heterocycles. The lowest BCUT2D eigenvalue weighted by Crippen LogP contribution is -2.28. The van der Waals surface area contributed by atoms with Crippen LogP contribution in [0.1, 0.15) is 57.5 Å². The van der Waals surface area contributed by atoms with Crippen molar-refractivity contribution >= 4 is 11.0 Å². The largest absolute Gasteiger partial charge is 0.324 e. The van der Waals surface area contributed by atoms with E-state index in [0.717, 1.165) is 17.9 Å². The van der Waals surface area contributed by atoms with Gasteiger partial charge in [-0.15, -0.1) is 0 Å². The Kier molecular flexibility index (Phi) is 3.78. The Hall–Kier alpha value is -1.35. The molecule has 0 amide bonds. The van der Waals surface area contributed by atoms with Gasteiger partial charge in [0, 0.05) is 25.2 Å². The van der Waals surface area contributed by atoms with Gasteiger partial charge in [-0.3, -0.25) is 4.90 Å². The molecule has 1 aliphatic rings. The Bertz CT molecular complexity index is 639. The average Bonchev–Trinajstić information content (AvgIpc) is 3.00. The molecule has 3 rings (SSSR count). The molecule has 1 aromatic heterocycles. The molecule has 3 nitrogen and oxygen atoms in total. The number of benzene rings is 1. The van der Waals surface area contributed by atoms with Gasteiger partial charge in [0.2, 0.25) is 0 Å². The van der Waals surface area contributed by atoms with Crippen LogP contribution in [0.15, 0.2) is 18.2 Å². The van der Waals surface area contributed by atoms with Gasteiger partial charge in [-0.05, 0) is 50.8 Å². The van der Waals surface area contributed by atoms with E-state index in [2.05, 4.69) is 62.3 Å². The fourth-order valence-corrected chi connectivity index (χ4v) is 3.50. The fraction of sp³-hybridized carbons (Fsp3) is 0.611. The number of aromatic nitrogens is 2. The van der Waals surface area contributed by atoms with Crippen LogP contribution in [0.2, 0.25) is 0 Å². The highest BCUT2D eigenvalue weighted by molar-refractivity contribution is 5.77. The van der Waals surface area contributed by atoms with Crippen molar-refractivity contribution in [3.05, 3.63) is 29.6 Å². The molecule has 1 aliphatic heterocycles. The molecule has 0 bridgehead atoms. The van der Waals surface area contributed by atoms with Gasteiger partial charge in [0.05, 0.1) is 11.0 Å². The predicted molar refractivity (Wildman–Crippen MR) is 88.9 cm³/mol. The summed E-state index contributed by atoms with van der Waals surface area (Å²) in [6, 6.07) is 7.95. The van der Waals surface area contributed by atoms with Crippen molar-refractivity contribution in [2.45, 2.75) is 59.0 Å². The fourth-order valence-electron chi connectivity index (χ4n) is 3.50. The number of imidazole rings is 1. The highest BCUT2D eigenvalue weighted by atomic mass is 15.2. The molecule has 0 saturated carbocycles. The van der Waals surface area contributed by atoms with Gasteiger partial charge >= 0.3 is 0 Å². The minimum absolute atomic E-state index is 0.564. The van der Waals surface area contributed by atoms with Crippen LogP contribution in [0.4, 0.5) is 0 Å². The van der Waals surface area contributed by atoms with Crippen LogP contribution in [-0.4, -0.2) is 33.6 Å². The standard InChI is InChI=1S/C18H27N3/c1-12(2)15-6-7-17-18(10-15)21(14(5)19-17)16-8-9-20(11-16)13(3)4/h6-7,10,12-13,16H,8-9,11H2,1-5H3/t16-/m1/s1. The van der Waals surface area contributed by atoms with Crippen LogP contribution in [-0.2, 0) is 0 Å². The number of nitrogens with zero attached hydrogens (tertiary/aromatic N) is 3. The van der Waals surface area contributed by atoms with E-state index < -0.39 is 0 Å². The van der Waals surface area contributed by atoms with Crippen molar-refractivity contribution in [1.29, 1.82) is 0 Å². The van der Waals surface area contributed by atoms with Crippen molar-refractivity contribution in [3.8, 4) is 0 Å². The van der Waals surface area contributed by atoms with Gasteiger partial charge < -0.3 is 4.57 Å². The smallest absolute Gasteiger partial charge is 0.107 e. The molecule has 0 unspecified atom stereocenters. The molecule has 0 N–H and O–H groups in total. The molecule has 3 heteroatoms. The summed E-state index contributed by atoms with van der Waals surface area (Å²) in [6.45, 7) is 13.6. The minimum Gasteiger partial charge on any atom is -0.324 e. The lowest BCUT2D eigenvalue weighted by atomic mass is 10.0. The second-order valence-electron chi connectivity index (χ2n) is 6.96. The van der Waals surface area contributed by atoms with Gasteiger partial charge in [0.15, 0.2) is 0 Å².